The molecule has 1 rings (SSSR count). The summed E-state index contributed by atoms with van der Waals surface area (Å²) in [5, 5.41) is 0. The van der Waals surface area contributed by atoms with Crippen molar-refractivity contribution in [1.29, 1.82) is 0 Å². The van der Waals surface area contributed by atoms with Gasteiger partial charge in [0.25, 0.3) is 0 Å². The predicted octanol–water partition coefficient (Wildman–Crippen LogP) is 3.38. The van der Waals surface area contributed by atoms with Gasteiger partial charge in [0.1, 0.15) is 0 Å². The molecule has 1 saturated heterocycles. The van der Waals surface area contributed by atoms with E-state index in [2.05, 4.69) is 24.5 Å². The van der Waals surface area contributed by atoms with E-state index < -0.39 is 0 Å². The number of hydrogen-bond donors (Lipinski definition) is 0. The van der Waals surface area contributed by atoms with Crippen LogP contribution in [-0.2, 0) is 0 Å². The maximum atomic E-state index is 3.78. The third-order valence-corrected chi connectivity index (χ3v) is 2.80. The fourth-order valence-corrected chi connectivity index (χ4v) is 2.11. The molecule has 1 heterocycles. The predicted molar refractivity (Wildman–Crippen MR) is 63.5 cm³/mol. The molecule has 0 aromatic carbocycles. The van der Waals surface area contributed by atoms with Gasteiger partial charge in [0.2, 0.25) is 0 Å². The van der Waals surface area contributed by atoms with Gasteiger partial charge < -0.3 is 0 Å². The van der Waals surface area contributed by atoms with Crippen LogP contribution in [0.25, 0.3) is 0 Å². The zero-order valence-corrected chi connectivity index (χ0v) is 9.47. The number of allylic oxidation sites excluding steroid dienone is 2. The highest BCUT2D eigenvalue weighted by Gasteiger charge is 2.10. The van der Waals surface area contributed by atoms with Crippen molar-refractivity contribution in [2.24, 2.45) is 0 Å². The number of likely N-dealkylation sites (tertiary alicyclic amines) is 1. The Morgan fingerprint density at radius 1 is 1.29 bits per heavy atom. The molecule has 0 bridgehead atoms. The van der Waals surface area contributed by atoms with Gasteiger partial charge in [-0.05, 0) is 32.4 Å². The largest absolute Gasteiger partial charge is 0.299 e. The van der Waals surface area contributed by atoms with Crippen molar-refractivity contribution in [3.8, 4) is 0 Å². The molecule has 0 unspecified atom stereocenters. The van der Waals surface area contributed by atoms with Crippen molar-refractivity contribution in [3.05, 3.63) is 24.3 Å². The van der Waals surface area contributed by atoms with Gasteiger partial charge in [0.15, 0.2) is 0 Å². The van der Waals surface area contributed by atoms with Crippen LogP contribution in [0.1, 0.15) is 39.0 Å². The van der Waals surface area contributed by atoms with Gasteiger partial charge >= 0.3 is 0 Å². The molecule has 1 aliphatic rings. The summed E-state index contributed by atoms with van der Waals surface area (Å²) in [6.45, 7) is 9.77. The molecule has 0 spiro atoms. The van der Waals surface area contributed by atoms with Crippen LogP contribution in [0.15, 0.2) is 24.3 Å². The van der Waals surface area contributed by atoms with Crippen LogP contribution in [0.2, 0.25) is 0 Å². The quantitative estimate of drug-likeness (QED) is 0.605. The monoisotopic (exact) mass is 193 g/mol. The van der Waals surface area contributed by atoms with Crippen LogP contribution in [0.3, 0.4) is 0 Å². The molecule has 0 amide bonds. The smallest absolute Gasteiger partial charge is 0.0195 e. The minimum absolute atomic E-state index is 1.17. The van der Waals surface area contributed by atoms with Gasteiger partial charge in [-0.1, -0.05) is 44.1 Å². The third-order valence-electron chi connectivity index (χ3n) is 2.80. The number of piperidine rings is 1. The second kappa shape index (κ2) is 6.83. The number of rotatable bonds is 5. The van der Waals surface area contributed by atoms with Gasteiger partial charge in [0.05, 0.1) is 0 Å². The summed E-state index contributed by atoms with van der Waals surface area (Å²) in [6.07, 6.45) is 10.8. The molecule has 1 aliphatic heterocycles. The molecule has 1 nitrogen and oxygen atoms in total. The average molecular weight is 193 g/mol. The van der Waals surface area contributed by atoms with E-state index in [1.807, 2.05) is 6.08 Å². The first-order chi connectivity index (χ1) is 6.86. The van der Waals surface area contributed by atoms with Gasteiger partial charge in [0, 0.05) is 6.54 Å². The van der Waals surface area contributed by atoms with Crippen LogP contribution < -0.4 is 0 Å². The molecule has 1 fully saturated rings. The van der Waals surface area contributed by atoms with Crippen molar-refractivity contribution >= 4 is 0 Å². The zero-order chi connectivity index (χ0) is 10.2. The fourth-order valence-electron chi connectivity index (χ4n) is 2.11. The topological polar surface area (TPSA) is 3.24 Å². The van der Waals surface area contributed by atoms with E-state index in [-0.39, 0.29) is 0 Å². The normalized spacial score (nSPS) is 19.6. The summed E-state index contributed by atoms with van der Waals surface area (Å²) >= 11 is 0. The molecule has 0 aromatic rings. The van der Waals surface area contributed by atoms with E-state index in [1.165, 1.54) is 51.7 Å². The molecule has 80 valence electrons. The Balaban J connectivity index is 2.37. The number of hydrogen-bond acceptors (Lipinski definition) is 1. The average Bonchev–Trinajstić information content (AvgIpc) is 2.20. The van der Waals surface area contributed by atoms with Crippen molar-refractivity contribution in [2.75, 3.05) is 19.6 Å². The molecular weight excluding hydrogens is 170 g/mol. The molecule has 0 saturated carbocycles. The molecule has 14 heavy (non-hydrogen) atoms. The van der Waals surface area contributed by atoms with Crippen LogP contribution in [0, 0.1) is 0 Å². The molecule has 0 radical (unpaired) electrons. The second-order valence-electron chi connectivity index (χ2n) is 4.15. The Hall–Kier alpha value is -0.560. The second-order valence-corrected chi connectivity index (χ2v) is 4.15. The van der Waals surface area contributed by atoms with Crippen LogP contribution >= 0.6 is 0 Å². The minimum Gasteiger partial charge on any atom is -0.299 e. The SMILES string of the molecule is C=C/C=C(\CCC)CN1CCCCC1. The standard InChI is InChI=1S/C13H23N/c1-3-8-13(9-4-2)12-14-10-6-5-7-11-14/h3,8H,1,4-7,9-12H2,2H3/b13-8+. The first-order valence-corrected chi connectivity index (χ1v) is 5.89. The maximum absolute atomic E-state index is 3.78. The molecular formula is C13H23N. The fraction of sp³-hybridized carbons (Fsp3) is 0.692. The van der Waals surface area contributed by atoms with Crippen LogP contribution in [0.4, 0.5) is 0 Å². The highest BCUT2D eigenvalue weighted by Crippen LogP contribution is 2.13. The Labute approximate surface area is 88.5 Å². The lowest BCUT2D eigenvalue weighted by molar-refractivity contribution is 0.244. The maximum Gasteiger partial charge on any atom is 0.0195 e. The first-order valence-electron chi connectivity index (χ1n) is 5.89. The minimum atomic E-state index is 1.17. The van der Waals surface area contributed by atoms with Crippen molar-refractivity contribution in [2.45, 2.75) is 39.0 Å². The van der Waals surface area contributed by atoms with Gasteiger partial charge in [-0.3, -0.25) is 4.90 Å². The van der Waals surface area contributed by atoms with E-state index in [0.717, 1.165) is 0 Å². The Morgan fingerprint density at radius 2 is 2.00 bits per heavy atom. The Bertz CT molecular complexity index is 187. The van der Waals surface area contributed by atoms with E-state index >= 15 is 0 Å². The third kappa shape index (κ3) is 4.10. The zero-order valence-electron chi connectivity index (χ0n) is 9.47. The number of nitrogens with zero attached hydrogens (tertiary/aromatic N) is 1. The van der Waals surface area contributed by atoms with Crippen molar-refractivity contribution in [1.82, 2.24) is 4.90 Å². The van der Waals surface area contributed by atoms with Crippen molar-refractivity contribution in [3.63, 3.8) is 0 Å². The lowest BCUT2D eigenvalue weighted by Crippen LogP contribution is -2.31. The summed E-state index contributed by atoms with van der Waals surface area (Å²) in [7, 11) is 0. The first kappa shape index (κ1) is 11.5. The van der Waals surface area contributed by atoms with E-state index in [9.17, 15) is 0 Å². The lowest BCUT2D eigenvalue weighted by Gasteiger charge is -2.27. The summed E-state index contributed by atoms with van der Waals surface area (Å²) in [6, 6.07) is 0. The summed E-state index contributed by atoms with van der Waals surface area (Å²) in [4.78, 5) is 2.58. The highest BCUT2D eigenvalue weighted by molar-refractivity contribution is 5.12. The van der Waals surface area contributed by atoms with Crippen LogP contribution in [-0.4, -0.2) is 24.5 Å². The van der Waals surface area contributed by atoms with Crippen LogP contribution in [0.5, 0.6) is 0 Å². The summed E-state index contributed by atoms with van der Waals surface area (Å²) < 4.78 is 0. The highest BCUT2D eigenvalue weighted by atomic mass is 15.1. The van der Waals surface area contributed by atoms with Gasteiger partial charge in [-0.2, -0.15) is 0 Å². The van der Waals surface area contributed by atoms with E-state index in [0.29, 0.717) is 0 Å². The molecule has 0 aromatic heterocycles. The van der Waals surface area contributed by atoms with Crippen molar-refractivity contribution < 1.29 is 0 Å². The molecule has 0 N–H and O–H groups in total. The van der Waals surface area contributed by atoms with E-state index in [4.69, 9.17) is 0 Å². The van der Waals surface area contributed by atoms with Gasteiger partial charge in [-0.15, -0.1) is 0 Å². The summed E-state index contributed by atoms with van der Waals surface area (Å²) in [5.41, 5.74) is 1.55. The molecule has 0 atom stereocenters. The molecule has 1 heteroatoms. The van der Waals surface area contributed by atoms with Gasteiger partial charge in [-0.25, -0.2) is 0 Å². The molecule has 0 aliphatic carbocycles. The van der Waals surface area contributed by atoms with E-state index in [1.54, 1.807) is 5.57 Å². The Kier molecular flexibility index (Phi) is 5.62. The lowest BCUT2D eigenvalue weighted by atomic mass is 10.1. The summed E-state index contributed by atoms with van der Waals surface area (Å²) in [5.74, 6) is 0. The Morgan fingerprint density at radius 3 is 2.57 bits per heavy atom.